The molecule has 0 radical (unpaired) electrons. The molecule has 8 heteroatoms. The number of rotatable bonds is 4. The molecule has 0 aliphatic carbocycles. The maximum absolute atomic E-state index is 11.9. The summed E-state index contributed by atoms with van der Waals surface area (Å²) in [7, 11) is 0. The van der Waals surface area contributed by atoms with Crippen LogP contribution >= 0.6 is 11.8 Å². The van der Waals surface area contributed by atoms with Crippen LogP contribution in [0.15, 0.2) is 24.3 Å². The summed E-state index contributed by atoms with van der Waals surface area (Å²) in [5.41, 5.74) is 1.93. The van der Waals surface area contributed by atoms with Gasteiger partial charge in [-0.2, -0.15) is 5.21 Å². The Bertz CT molecular complexity index is 564. The predicted molar refractivity (Wildman–Crippen MR) is 75.7 cm³/mol. The summed E-state index contributed by atoms with van der Waals surface area (Å²) in [4.78, 5) is 11.9. The Balaban J connectivity index is 1.57. The van der Waals surface area contributed by atoms with Crippen LogP contribution in [-0.2, 0) is 11.3 Å². The molecule has 0 saturated carbocycles. The van der Waals surface area contributed by atoms with Gasteiger partial charge in [0.05, 0.1) is 6.04 Å². The largest absolute Gasteiger partial charge is 0.351 e. The van der Waals surface area contributed by atoms with Gasteiger partial charge in [0.25, 0.3) is 0 Å². The van der Waals surface area contributed by atoms with E-state index in [1.807, 2.05) is 24.3 Å². The Hall–Kier alpha value is -1.93. The number of carbonyl (C=O) groups excluding carboxylic acids is 1. The van der Waals surface area contributed by atoms with E-state index in [1.54, 1.807) is 11.8 Å². The maximum atomic E-state index is 11.9. The smallest absolute Gasteiger partial charge is 0.238 e. The number of carbonyl (C=O) groups is 1. The molecule has 20 heavy (non-hydrogen) atoms. The van der Waals surface area contributed by atoms with Crippen molar-refractivity contribution in [3.8, 4) is 11.4 Å². The first-order valence-corrected chi connectivity index (χ1v) is 7.40. The molecule has 1 aliphatic rings. The minimum Gasteiger partial charge on any atom is -0.351 e. The molecule has 1 aromatic carbocycles. The fourth-order valence-corrected chi connectivity index (χ4v) is 2.87. The highest BCUT2D eigenvalue weighted by molar-refractivity contribution is 7.99. The number of benzene rings is 1. The molecule has 2 aromatic rings. The average molecular weight is 290 g/mol. The zero-order chi connectivity index (χ0) is 13.8. The summed E-state index contributed by atoms with van der Waals surface area (Å²) in [5.74, 6) is 2.30. The average Bonchev–Trinajstić information content (AvgIpc) is 3.18. The Labute approximate surface area is 119 Å². The van der Waals surface area contributed by atoms with Gasteiger partial charge in [0, 0.05) is 23.7 Å². The first-order valence-electron chi connectivity index (χ1n) is 6.24. The van der Waals surface area contributed by atoms with Crippen LogP contribution < -0.4 is 10.6 Å². The molecular weight excluding hydrogens is 276 g/mol. The molecule has 104 valence electrons. The third-order valence-electron chi connectivity index (χ3n) is 3.06. The molecule has 1 aromatic heterocycles. The predicted octanol–water partition coefficient (Wildman–Crippen LogP) is 0.145. The summed E-state index contributed by atoms with van der Waals surface area (Å²) in [6.45, 7) is 0.522. The van der Waals surface area contributed by atoms with Crippen molar-refractivity contribution in [2.45, 2.75) is 12.6 Å². The van der Waals surface area contributed by atoms with E-state index in [0.29, 0.717) is 12.4 Å². The van der Waals surface area contributed by atoms with Gasteiger partial charge in [0.2, 0.25) is 11.7 Å². The van der Waals surface area contributed by atoms with Crippen LogP contribution in [0.2, 0.25) is 0 Å². The molecule has 2 heterocycles. The summed E-state index contributed by atoms with van der Waals surface area (Å²) in [5, 5.41) is 19.8. The van der Waals surface area contributed by atoms with Crippen molar-refractivity contribution in [2.24, 2.45) is 0 Å². The lowest BCUT2D eigenvalue weighted by Crippen LogP contribution is -2.41. The number of hydrogen-bond acceptors (Lipinski definition) is 6. The van der Waals surface area contributed by atoms with Gasteiger partial charge in [0.1, 0.15) is 0 Å². The molecule has 1 atom stereocenters. The van der Waals surface area contributed by atoms with Crippen molar-refractivity contribution >= 4 is 17.7 Å². The minimum atomic E-state index is -0.0707. The molecule has 1 fully saturated rings. The van der Waals surface area contributed by atoms with Gasteiger partial charge in [-0.15, -0.1) is 22.0 Å². The summed E-state index contributed by atoms with van der Waals surface area (Å²) in [6.07, 6.45) is 0. The second kappa shape index (κ2) is 6.02. The van der Waals surface area contributed by atoms with Crippen LogP contribution in [0, 0.1) is 0 Å². The van der Waals surface area contributed by atoms with Gasteiger partial charge in [-0.05, 0) is 10.8 Å². The van der Waals surface area contributed by atoms with E-state index in [4.69, 9.17) is 0 Å². The molecule has 0 spiro atoms. The number of thioether (sulfide) groups is 1. The number of tetrazole rings is 1. The number of hydrogen-bond donors (Lipinski definition) is 3. The highest BCUT2D eigenvalue weighted by atomic mass is 32.2. The van der Waals surface area contributed by atoms with E-state index in [0.717, 1.165) is 22.8 Å². The Morgan fingerprint density at radius 1 is 1.40 bits per heavy atom. The van der Waals surface area contributed by atoms with Gasteiger partial charge in [-0.3, -0.25) is 10.1 Å². The highest BCUT2D eigenvalue weighted by Gasteiger charge is 2.21. The van der Waals surface area contributed by atoms with Crippen molar-refractivity contribution in [3.05, 3.63) is 29.8 Å². The van der Waals surface area contributed by atoms with Gasteiger partial charge < -0.3 is 5.32 Å². The Morgan fingerprint density at radius 3 is 2.90 bits per heavy atom. The molecule has 0 bridgehead atoms. The number of aromatic amines is 1. The van der Waals surface area contributed by atoms with Crippen molar-refractivity contribution in [2.75, 3.05) is 11.6 Å². The zero-order valence-electron chi connectivity index (χ0n) is 10.7. The molecule has 7 nitrogen and oxygen atoms in total. The Morgan fingerprint density at radius 2 is 2.25 bits per heavy atom. The second-order valence-corrected chi connectivity index (χ2v) is 5.45. The number of amides is 1. The number of nitrogens with one attached hydrogen (secondary N) is 3. The summed E-state index contributed by atoms with van der Waals surface area (Å²) < 4.78 is 0. The SMILES string of the molecule is O=C(NCc1ccc(-c2nn[nH]n2)cc1)C1CSCN1. The van der Waals surface area contributed by atoms with Gasteiger partial charge in [-0.25, -0.2) is 0 Å². The lowest BCUT2D eigenvalue weighted by Gasteiger charge is -2.10. The van der Waals surface area contributed by atoms with Crippen molar-refractivity contribution in [1.82, 2.24) is 31.3 Å². The Kier molecular flexibility index (Phi) is 3.93. The molecule has 1 saturated heterocycles. The van der Waals surface area contributed by atoms with E-state index in [9.17, 15) is 4.79 Å². The van der Waals surface area contributed by atoms with E-state index in [-0.39, 0.29) is 11.9 Å². The van der Waals surface area contributed by atoms with E-state index in [1.165, 1.54) is 0 Å². The van der Waals surface area contributed by atoms with Gasteiger partial charge in [0.15, 0.2) is 0 Å². The summed E-state index contributed by atoms with van der Waals surface area (Å²) in [6, 6.07) is 7.65. The normalized spacial score (nSPS) is 18.1. The van der Waals surface area contributed by atoms with Gasteiger partial charge in [-0.1, -0.05) is 24.3 Å². The van der Waals surface area contributed by atoms with Gasteiger partial charge >= 0.3 is 0 Å². The topological polar surface area (TPSA) is 95.6 Å². The van der Waals surface area contributed by atoms with Crippen LogP contribution in [0.5, 0.6) is 0 Å². The lowest BCUT2D eigenvalue weighted by atomic mass is 10.1. The number of H-pyrrole nitrogens is 1. The monoisotopic (exact) mass is 290 g/mol. The molecule has 3 N–H and O–H groups in total. The molecule has 1 aliphatic heterocycles. The molecular formula is C12H14N6OS. The quantitative estimate of drug-likeness (QED) is 0.741. The minimum absolute atomic E-state index is 0.0530. The standard InChI is InChI=1S/C12H14N6OS/c19-12(10-6-20-7-14-10)13-5-8-1-3-9(4-2-8)11-15-17-18-16-11/h1-4,10,14H,5-7H2,(H,13,19)(H,15,16,17,18). The first kappa shape index (κ1) is 13.1. The summed E-state index contributed by atoms with van der Waals surface area (Å²) >= 11 is 1.74. The first-order chi connectivity index (χ1) is 9.83. The third-order valence-corrected chi connectivity index (χ3v) is 4.00. The molecule has 3 rings (SSSR count). The number of aromatic nitrogens is 4. The van der Waals surface area contributed by atoms with E-state index in [2.05, 4.69) is 31.3 Å². The zero-order valence-corrected chi connectivity index (χ0v) is 11.5. The van der Waals surface area contributed by atoms with Crippen LogP contribution in [-0.4, -0.2) is 44.2 Å². The highest BCUT2D eigenvalue weighted by Crippen LogP contribution is 2.14. The van der Waals surface area contributed by atoms with Crippen molar-refractivity contribution in [3.63, 3.8) is 0 Å². The van der Waals surface area contributed by atoms with Crippen LogP contribution in [0.1, 0.15) is 5.56 Å². The third kappa shape index (κ3) is 2.97. The van der Waals surface area contributed by atoms with Crippen molar-refractivity contribution in [1.29, 1.82) is 0 Å². The number of nitrogens with zero attached hydrogens (tertiary/aromatic N) is 3. The van der Waals surface area contributed by atoms with E-state index < -0.39 is 0 Å². The molecule has 1 amide bonds. The van der Waals surface area contributed by atoms with Crippen LogP contribution in [0.4, 0.5) is 0 Å². The molecule has 1 unspecified atom stereocenters. The maximum Gasteiger partial charge on any atom is 0.238 e. The van der Waals surface area contributed by atoms with Crippen LogP contribution in [0.25, 0.3) is 11.4 Å². The van der Waals surface area contributed by atoms with E-state index >= 15 is 0 Å². The van der Waals surface area contributed by atoms with Crippen LogP contribution in [0.3, 0.4) is 0 Å². The fraction of sp³-hybridized carbons (Fsp3) is 0.333. The fourth-order valence-electron chi connectivity index (χ4n) is 1.93. The lowest BCUT2D eigenvalue weighted by molar-refractivity contribution is -0.122. The second-order valence-electron chi connectivity index (χ2n) is 4.42. The van der Waals surface area contributed by atoms with Crippen molar-refractivity contribution < 1.29 is 4.79 Å².